The standard InChI is InChI=1S/C8H5FN2S/c9-8-7(10-11-12-8)6-4-2-1-3-5-6/h1-5H. The van der Waals surface area contributed by atoms with Gasteiger partial charge in [0, 0.05) is 17.1 Å². The van der Waals surface area contributed by atoms with Crippen LogP contribution < -0.4 is 0 Å². The van der Waals surface area contributed by atoms with E-state index in [1.807, 2.05) is 18.2 Å². The second-order valence-electron chi connectivity index (χ2n) is 2.26. The van der Waals surface area contributed by atoms with Crippen LogP contribution in [0.3, 0.4) is 0 Å². The van der Waals surface area contributed by atoms with Crippen molar-refractivity contribution in [2.75, 3.05) is 0 Å². The first-order valence-corrected chi connectivity index (χ1v) is 4.18. The molecule has 0 fully saturated rings. The normalized spacial score (nSPS) is 10.1. The van der Waals surface area contributed by atoms with Crippen LogP contribution in [-0.4, -0.2) is 9.59 Å². The van der Waals surface area contributed by atoms with Gasteiger partial charge in [-0.3, -0.25) is 0 Å². The molecule has 1 heterocycles. The summed E-state index contributed by atoms with van der Waals surface area (Å²) in [6.45, 7) is 0. The van der Waals surface area contributed by atoms with E-state index in [1.54, 1.807) is 12.1 Å². The highest BCUT2D eigenvalue weighted by atomic mass is 32.1. The number of halogens is 1. The molecule has 0 atom stereocenters. The first kappa shape index (κ1) is 7.36. The van der Waals surface area contributed by atoms with Crippen LogP contribution in [0, 0.1) is 5.13 Å². The lowest BCUT2D eigenvalue weighted by molar-refractivity contribution is 0.657. The number of rotatable bonds is 1. The number of nitrogens with zero attached hydrogens (tertiary/aromatic N) is 2. The van der Waals surface area contributed by atoms with Crippen molar-refractivity contribution < 1.29 is 4.39 Å². The quantitative estimate of drug-likeness (QED) is 0.673. The lowest BCUT2D eigenvalue weighted by Gasteiger charge is -1.92. The molecule has 0 bridgehead atoms. The molecule has 1 aromatic heterocycles. The Morgan fingerprint density at radius 1 is 1.17 bits per heavy atom. The number of aromatic nitrogens is 2. The summed E-state index contributed by atoms with van der Waals surface area (Å²) in [6, 6.07) is 9.17. The van der Waals surface area contributed by atoms with Gasteiger partial charge in [-0.1, -0.05) is 34.8 Å². The summed E-state index contributed by atoms with van der Waals surface area (Å²) in [6.07, 6.45) is 0. The molecule has 12 heavy (non-hydrogen) atoms. The molecule has 0 saturated heterocycles. The molecule has 2 aromatic rings. The molecule has 0 unspecified atom stereocenters. The Balaban J connectivity index is 2.51. The average molecular weight is 180 g/mol. The van der Waals surface area contributed by atoms with Gasteiger partial charge in [-0.25, -0.2) is 0 Å². The second-order valence-corrected chi connectivity index (χ2v) is 2.97. The molecule has 2 nitrogen and oxygen atoms in total. The number of hydrogen-bond donors (Lipinski definition) is 0. The van der Waals surface area contributed by atoms with Crippen molar-refractivity contribution in [3.8, 4) is 11.3 Å². The molecule has 0 saturated carbocycles. The Hall–Kier alpha value is -1.29. The smallest absolute Gasteiger partial charge is 0.191 e. The third-order valence-electron chi connectivity index (χ3n) is 1.50. The first-order valence-electron chi connectivity index (χ1n) is 3.41. The van der Waals surface area contributed by atoms with E-state index in [9.17, 15) is 4.39 Å². The van der Waals surface area contributed by atoms with Gasteiger partial charge in [0.05, 0.1) is 0 Å². The highest BCUT2D eigenvalue weighted by Gasteiger charge is 2.07. The average Bonchev–Trinajstić information content (AvgIpc) is 2.53. The Bertz CT molecular complexity index is 372. The van der Waals surface area contributed by atoms with Gasteiger partial charge in [0.25, 0.3) is 0 Å². The maximum absolute atomic E-state index is 12.9. The topological polar surface area (TPSA) is 25.8 Å². The minimum absolute atomic E-state index is 0.332. The number of benzene rings is 1. The minimum atomic E-state index is -0.332. The first-order chi connectivity index (χ1) is 5.88. The Labute approximate surface area is 72.8 Å². The van der Waals surface area contributed by atoms with Crippen molar-refractivity contribution in [2.24, 2.45) is 0 Å². The molecule has 0 radical (unpaired) electrons. The van der Waals surface area contributed by atoms with Gasteiger partial charge in [-0.2, -0.15) is 4.39 Å². The monoisotopic (exact) mass is 180 g/mol. The fourth-order valence-corrected chi connectivity index (χ4v) is 1.39. The summed E-state index contributed by atoms with van der Waals surface area (Å²) < 4.78 is 16.4. The van der Waals surface area contributed by atoms with E-state index in [1.165, 1.54) is 0 Å². The fraction of sp³-hybridized carbons (Fsp3) is 0. The minimum Gasteiger partial charge on any atom is -0.191 e. The Morgan fingerprint density at radius 3 is 2.50 bits per heavy atom. The van der Waals surface area contributed by atoms with Gasteiger partial charge >= 0.3 is 0 Å². The van der Waals surface area contributed by atoms with Gasteiger partial charge in [0.2, 0.25) is 5.13 Å². The van der Waals surface area contributed by atoms with E-state index in [-0.39, 0.29) is 5.13 Å². The predicted octanol–water partition coefficient (Wildman–Crippen LogP) is 2.34. The van der Waals surface area contributed by atoms with Gasteiger partial charge in [0.15, 0.2) is 0 Å². The predicted molar refractivity (Wildman–Crippen MR) is 45.3 cm³/mol. The Kier molecular flexibility index (Phi) is 1.83. The molecule has 2 rings (SSSR count). The molecule has 1 aromatic carbocycles. The molecule has 0 aliphatic carbocycles. The largest absolute Gasteiger partial charge is 0.223 e. The van der Waals surface area contributed by atoms with Crippen molar-refractivity contribution in [3.05, 3.63) is 35.5 Å². The van der Waals surface area contributed by atoms with E-state index in [2.05, 4.69) is 9.59 Å². The van der Waals surface area contributed by atoms with Crippen LogP contribution in [0.5, 0.6) is 0 Å². The molecule has 0 N–H and O–H groups in total. The highest BCUT2D eigenvalue weighted by Crippen LogP contribution is 2.20. The summed E-state index contributed by atoms with van der Waals surface area (Å²) in [5.41, 5.74) is 1.10. The van der Waals surface area contributed by atoms with Crippen molar-refractivity contribution in [1.29, 1.82) is 0 Å². The van der Waals surface area contributed by atoms with E-state index in [0.29, 0.717) is 5.69 Å². The molecule has 60 valence electrons. The fourth-order valence-electron chi connectivity index (χ4n) is 0.947. The van der Waals surface area contributed by atoms with Crippen molar-refractivity contribution in [2.45, 2.75) is 0 Å². The zero-order valence-electron chi connectivity index (χ0n) is 6.07. The molecule has 0 aliphatic heterocycles. The molecule has 0 amide bonds. The van der Waals surface area contributed by atoms with Gasteiger partial charge in [0.1, 0.15) is 5.69 Å². The van der Waals surface area contributed by atoms with Crippen LogP contribution >= 0.6 is 11.5 Å². The maximum Gasteiger partial charge on any atom is 0.223 e. The zero-order chi connectivity index (χ0) is 8.39. The van der Waals surface area contributed by atoms with Crippen LogP contribution in [0.25, 0.3) is 11.3 Å². The molecular weight excluding hydrogens is 175 g/mol. The van der Waals surface area contributed by atoms with Crippen LogP contribution in [0.1, 0.15) is 0 Å². The summed E-state index contributed by atoms with van der Waals surface area (Å²) in [5.74, 6) is 0. The van der Waals surface area contributed by atoms with Crippen molar-refractivity contribution >= 4 is 11.5 Å². The lowest BCUT2D eigenvalue weighted by atomic mass is 10.2. The van der Waals surface area contributed by atoms with Gasteiger partial charge in [-0.15, -0.1) is 5.10 Å². The summed E-state index contributed by atoms with van der Waals surface area (Å²) in [4.78, 5) is 0. The SMILES string of the molecule is Fc1snnc1-c1ccccc1. The summed E-state index contributed by atoms with van der Waals surface area (Å²) >= 11 is 0.771. The maximum atomic E-state index is 12.9. The van der Waals surface area contributed by atoms with Crippen LogP contribution in [0.4, 0.5) is 4.39 Å². The van der Waals surface area contributed by atoms with Crippen LogP contribution in [0.2, 0.25) is 0 Å². The highest BCUT2D eigenvalue weighted by molar-refractivity contribution is 7.04. The van der Waals surface area contributed by atoms with E-state index in [4.69, 9.17) is 0 Å². The van der Waals surface area contributed by atoms with E-state index < -0.39 is 0 Å². The van der Waals surface area contributed by atoms with Crippen molar-refractivity contribution in [3.63, 3.8) is 0 Å². The van der Waals surface area contributed by atoms with Gasteiger partial charge in [-0.05, 0) is 0 Å². The molecular formula is C8H5FN2S. The van der Waals surface area contributed by atoms with E-state index >= 15 is 0 Å². The second kappa shape index (κ2) is 2.98. The summed E-state index contributed by atoms with van der Waals surface area (Å²) in [7, 11) is 0. The number of hydrogen-bond acceptors (Lipinski definition) is 3. The molecule has 4 heteroatoms. The van der Waals surface area contributed by atoms with Crippen LogP contribution in [0.15, 0.2) is 30.3 Å². The van der Waals surface area contributed by atoms with Crippen molar-refractivity contribution in [1.82, 2.24) is 9.59 Å². The third kappa shape index (κ3) is 1.21. The third-order valence-corrected chi connectivity index (χ3v) is 2.01. The molecule has 0 aliphatic rings. The zero-order valence-corrected chi connectivity index (χ0v) is 6.88. The van der Waals surface area contributed by atoms with E-state index in [0.717, 1.165) is 17.1 Å². The Morgan fingerprint density at radius 2 is 1.92 bits per heavy atom. The summed E-state index contributed by atoms with van der Waals surface area (Å²) in [5, 5.41) is 3.35. The van der Waals surface area contributed by atoms with Crippen LogP contribution in [-0.2, 0) is 0 Å². The molecule has 0 spiro atoms. The van der Waals surface area contributed by atoms with Gasteiger partial charge < -0.3 is 0 Å². The lowest BCUT2D eigenvalue weighted by Crippen LogP contribution is -1.79.